The Labute approximate surface area is 106 Å². The van der Waals surface area contributed by atoms with Gasteiger partial charge < -0.3 is 5.73 Å². The largest absolute Gasteiger partial charge is 0.330 e. The Morgan fingerprint density at radius 2 is 2.06 bits per heavy atom. The second kappa shape index (κ2) is 7.15. The Bertz CT molecular complexity index is 228. The number of nitrogens with two attached hydrogens (primary N) is 1. The number of rotatable bonds is 9. The van der Waals surface area contributed by atoms with Gasteiger partial charge in [-0.15, -0.1) is 0 Å². The van der Waals surface area contributed by atoms with Gasteiger partial charge >= 0.3 is 0 Å². The maximum atomic E-state index is 12.1. The van der Waals surface area contributed by atoms with Crippen molar-refractivity contribution in [3.05, 3.63) is 0 Å². The van der Waals surface area contributed by atoms with Crippen molar-refractivity contribution >= 4 is 5.78 Å². The molecular formula is C15H29NO. The van der Waals surface area contributed by atoms with E-state index in [1.165, 1.54) is 38.5 Å². The predicted molar refractivity (Wildman–Crippen MR) is 72.9 cm³/mol. The van der Waals surface area contributed by atoms with Crippen molar-refractivity contribution in [2.45, 2.75) is 71.6 Å². The molecule has 0 spiro atoms. The number of hydrogen-bond acceptors (Lipinski definition) is 2. The number of unbranched alkanes of at least 4 members (excludes halogenated alkanes) is 1. The van der Waals surface area contributed by atoms with Crippen LogP contribution in [0.3, 0.4) is 0 Å². The van der Waals surface area contributed by atoms with Gasteiger partial charge in [-0.2, -0.15) is 0 Å². The molecule has 1 aliphatic rings. The molecule has 0 radical (unpaired) electrons. The maximum Gasteiger partial charge on any atom is 0.133 e. The van der Waals surface area contributed by atoms with E-state index >= 15 is 0 Å². The first-order chi connectivity index (χ1) is 8.15. The summed E-state index contributed by atoms with van der Waals surface area (Å²) in [5.74, 6) is 1.07. The van der Waals surface area contributed by atoms with Gasteiger partial charge in [0.25, 0.3) is 0 Å². The normalized spacial score (nSPS) is 19.7. The lowest BCUT2D eigenvalue weighted by Crippen LogP contribution is -2.39. The molecule has 0 aromatic heterocycles. The summed E-state index contributed by atoms with van der Waals surface area (Å²) in [6.07, 6.45) is 9.98. The summed E-state index contributed by atoms with van der Waals surface area (Å²) in [6.45, 7) is 5.12. The summed E-state index contributed by atoms with van der Waals surface area (Å²) in [7, 11) is 0. The molecule has 1 rings (SSSR count). The minimum Gasteiger partial charge on any atom is -0.330 e. The first-order valence-corrected chi connectivity index (χ1v) is 7.37. The lowest BCUT2D eigenvalue weighted by Gasteiger charge is -2.40. The van der Waals surface area contributed by atoms with E-state index in [0.717, 1.165) is 19.3 Å². The topological polar surface area (TPSA) is 43.1 Å². The number of carbonyl (C=O) groups is 1. The highest BCUT2D eigenvalue weighted by Crippen LogP contribution is 2.43. The predicted octanol–water partition coefficient (Wildman–Crippen LogP) is 3.68. The van der Waals surface area contributed by atoms with E-state index in [0.29, 0.717) is 18.2 Å². The molecule has 0 amide bonds. The average Bonchev–Trinajstić information content (AvgIpc) is 2.29. The molecule has 0 aromatic rings. The summed E-state index contributed by atoms with van der Waals surface area (Å²) in [5.41, 5.74) is 6.00. The van der Waals surface area contributed by atoms with Crippen LogP contribution in [0.2, 0.25) is 0 Å². The van der Waals surface area contributed by atoms with Crippen molar-refractivity contribution in [2.75, 3.05) is 6.54 Å². The molecule has 1 saturated carbocycles. The molecule has 1 atom stereocenters. The quantitative estimate of drug-likeness (QED) is 0.667. The van der Waals surface area contributed by atoms with Gasteiger partial charge in [0.1, 0.15) is 5.78 Å². The van der Waals surface area contributed by atoms with Gasteiger partial charge in [-0.3, -0.25) is 4.79 Å². The number of carbonyl (C=O) groups excluding carboxylic acids is 1. The number of hydrogen-bond donors (Lipinski definition) is 1. The summed E-state index contributed by atoms with van der Waals surface area (Å²) >= 11 is 0. The Balaban J connectivity index is 2.31. The molecule has 0 bridgehead atoms. The van der Waals surface area contributed by atoms with Crippen molar-refractivity contribution in [2.24, 2.45) is 17.1 Å². The van der Waals surface area contributed by atoms with Crippen LogP contribution >= 0.6 is 0 Å². The molecule has 0 aromatic carbocycles. The second-order valence-electron chi connectivity index (χ2n) is 5.89. The lowest BCUT2D eigenvalue weighted by atomic mass is 9.65. The van der Waals surface area contributed by atoms with Crippen molar-refractivity contribution < 1.29 is 4.79 Å². The third-order valence-electron chi connectivity index (χ3n) is 4.48. The van der Waals surface area contributed by atoms with Crippen LogP contribution in [0.15, 0.2) is 0 Å². The summed E-state index contributed by atoms with van der Waals surface area (Å²) in [6, 6.07) is 0. The van der Waals surface area contributed by atoms with E-state index in [4.69, 9.17) is 5.73 Å². The molecule has 0 heterocycles. The molecule has 2 heteroatoms. The van der Waals surface area contributed by atoms with E-state index in [1.807, 2.05) is 0 Å². The maximum absolute atomic E-state index is 12.1. The Morgan fingerprint density at radius 3 is 2.47 bits per heavy atom. The smallest absolute Gasteiger partial charge is 0.133 e. The van der Waals surface area contributed by atoms with Crippen LogP contribution in [0.1, 0.15) is 71.6 Å². The lowest BCUT2D eigenvalue weighted by molar-refractivity contribution is -0.123. The van der Waals surface area contributed by atoms with Gasteiger partial charge in [0.05, 0.1) is 0 Å². The SMILES string of the molecule is CCCCC(CC)CC(=O)CC1(CN)CCC1. The highest BCUT2D eigenvalue weighted by molar-refractivity contribution is 5.79. The monoisotopic (exact) mass is 239 g/mol. The summed E-state index contributed by atoms with van der Waals surface area (Å²) in [4.78, 5) is 12.1. The van der Waals surface area contributed by atoms with Crippen LogP contribution < -0.4 is 5.73 Å². The number of ketones is 1. The van der Waals surface area contributed by atoms with Gasteiger partial charge in [-0.05, 0) is 30.7 Å². The van der Waals surface area contributed by atoms with E-state index in [2.05, 4.69) is 13.8 Å². The van der Waals surface area contributed by atoms with Crippen LogP contribution in [-0.4, -0.2) is 12.3 Å². The molecule has 100 valence electrons. The van der Waals surface area contributed by atoms with Crippen molar-refractivity contribution in [1.29, 1.82) is 0 Å². The van der Waals surface area contributed by atoms with Crippen LogP contribution in [0.4, 0.5) is 0 Å². The van der Waals surface area contributed by atoms with Gasteiger partial charge in [0, 0.05) is 12.8 Å². The number of Topliss-reactive ketones (excluding diaryl/α,β-unsaturated/α-hetero) is 1. The van der Waals surface area contributed by atoms with Gasteiger partial charge in [0.2, 0.25) is 0 Å². The van der Waals surface area contributed by atoms with Crippen molar-refractivity contribution in [3.8, 4) is 0 Å². The molecule has 1 unspecified atom stereocenters. The molecule has 1 aliphatic carbocycles. The van der Waals surface area contributed by atoms with Crippen LogP contribution in [0, 0.1) is 11.3 Å². The van der Waals surface area contributed by atoms with E-state index in [-0.39, 0.29) is 5.41 Å². The van der Waals surface area contributed by atoms with Crippen molar-refractivity contribution in [3.63, 3.8) is 0 Å². The van der Waals surface area contributed by atoms with Gasteiger partial charge in [-0.1, -0.05) is 46.0 Å². The Morgan fingerprint density at radius 1 is 1.35 bits per heavy atom. The Kier molecular flexibility index (Phi) is 6.18. The fourth-order valence-corrected chi connectivity index (χ4v) is 2.89. The van der Waals surface area contributed by atoms with E-state index < -0.39 is 0 Å². The third kappa shape index (κ3) is 4.42. The minimum absolute atomic E-state index is 0.195. The van der Waals surface area contributed by atoms with E-state index in [1.54, 1.807) is 0 Å². The molecule has 1 fully saturated rings. The van der Waals surface area contributed by atoms with E-state index in [9.17, 15) is 4.79 Å². The minimum atomic E-state index is 0.195. The van der Waals surface area contributed by atoms with Crippen LogP contribution in [0.25, 0.3) is 0 Å². The zero-order valence-electron chi connectivity index (χ0n) is 11.6. The molecule has 0 aliphatic heterocycles. The highest BCUT2D eigenvalue weighted by atomic mass is 16.1. The molecule has 0 saturated heterocycles. The fourth-order valence-electron chi connectivity index (χ4n) is 2.89. The van der Waals surface area contributed by atoms with Crippen LogP contribution in [-0.2, 0) is 4.79 Å². The highest BCUT2D eigenvalue weighted by Gasteiger charge is 2.37. The summed E-state index contributed by atoms with van der Waals surface area (Å²) < 4.78 is 0. The van der Waals surface area contributed by atoms with Crippen LogP contribution in [0.5, 0.6) is 0 Å². The first-order valence-electron chi connectivity index (χ1n) is 7.37. The zero-order chi connectivity index (χ0) is 12.7. The van der Waals surface area contributed by atoms with Gasteiger partial charge in [0.15, 0.2) is 0 Å². The fraction of sp³-hybridized carbons (Fsp3) is 0.933. The third-order valence-corrected chi connectivity index (χ3v) is 4.48. The Hall–Kier alpha value is -0.370. The molecular weight excluding hydrogens is 210 g/mol. The molecule has 2 N–H and O–H groups in total. The molecule has 2 nitrogen and oxygen atoms in total. The molecule has 17 heavy (non-hydrogen) atoms. The first kappa shape index (κ1) is 14.7. The standard InChI is InChI=1S/C15H29NO/c1-3-5-7-13(4-2)10-14(17)11-15(12-16)8-6-9-15/h13H,3-12,16H2,1-2H3. The summed E-state index contributed by atoms with van der Waals surface area (Å²) in [5, 5.41) is 0. The van der Waals surface area contributed by atoms with Gasteiger partial charge in [-0.25, -0.2) is 0 Å². The van der Waals surface area contributed by atoms with Crippen molar-refractivity contribution in [1.82, 2.24) is 0 Å². The zero-order valence-corrected chi connectivity index (χ0v) is 11.6. The average molecular weight is 239 g/mol. The second-order valence-corrected chi connectivity index (χ2v) is 5.89.